The Hall–Kier alpha value is -1.26. The van der Waals surface area contributed by atoms with Crippen molar-refractivity contribution in [2.45, 2.75) is 51.5 Å². The number of rotatable bonds is 6. The first-order chi connectivity index (χ1) is 8.13. The lowest BCUT2D eigenvalue weighted by atomic mass is 9.96. The predicted octanol–water partition coefficient (Wildman–Crippen LogP) is 1.73. The average Bonchev–Trinajstić information content (AvgIpc) is 2.78. The van der Waals surface area contributed by atoms with E-state index in [1.165, 1.54) is 25.7 Å². The third-order valence-corrected chi connectivity index (χ3v) is 3.35. The third kappa shape index (κ3) is 5.06. The van der Waals surface area contributed by atoms with E-state index < -0.39 is 5.97 Å². The molecule has 98 valence electrons. The molecule has 0 aromatic heterocycles. The topological polar surface area (TPSA) is 78.4 Å². The monoisotopic (exact) mass is 242 g/mol. The number of carboxylic acid groups (broad SMARTS) is 1. The van der Waals surface area contributed by atoms with Gasteiger partial charge in [0.25, 0.3) is 0 Å². The molecule has 2 amide bonds. The Labute approximate surface area is 102 Å². The van der Waals surface area contributed by atoms with Crippen molar-refractivity contribution in [2.24, 2.45) is 5.92 Å². The lowest BCUT2D eigenvalue weighted by molar-refractivity contribution is -0.136. The summed E-state index contributed by atoms with van der Waals surface area (Å²) in [4.78, 5) is 21.8. The summed E-state index contributed by atoms with van der Waals surface area (Å²) in [6, 6.07) is -0.0210. The highest BCUT2D eigenvalue weighted by molar-refractivity contribution is 5.75. The Morgan fingerprint density at radius 2 is 2.00 bits per heavy atom. The Bertz CT molecular complexity index is 262. The fourth-order valence-electron chi connectivity index (χ4n) is 2.42. The van der Waals surface area contributed by atoms with Gasteiger partial charge in [0.15, 0.2) is 0 Å². The summed E-state index contributed by atoms with van der Waals surface area (Å²) in [5.74, 6) is -0.307. The van der Waals surface area contributed by atoms with Gasteiger partial charge in [-0.05, 0) is 25.2 Å². The fourth-order valence-corrected chi connectivity index (χ4v) is 2.42. The number of nitrogens with one attached hydrogen (secondary N) is 2. The lowest BCUT2D eigenvalue weighted by Gasteiger charge is -2.23. The molecular weight excluding hydrogens is 220 g/mol. The van der Waals surface area contributed by atoms with Crippen LogP contribution in [0.2, 0.25) is 0 Å². The number of amides is 2. The normalized spacial score (nSPS) is 17.7. The van der Waals surface area contributed by atoms with Gasteiger partial charge in [-0.3, -0.25) is 4.79 Å². The molecule has 1 saturated carbocycles. The van der Waals surface area contributed by atoms with Gasteiger partial charge in [0, 0.05) is 12.6 Å². The molecule has 0 saturated heterocycles. The van der Waals surface area contributed by atoms with Crippen LogP contribution < -0.4 is 10.6 Å². The smallest absolute Gasteiger partial charge is 0.315 e. The van der Waals surface area contributed by atoms with Crippen LogP contribution in [0.3, 0.4) is 0 Å². The second kappa shape index (κ2) is 7.14. The molecule has 1 aliphatic rings. The molecule has 3 N–H and O–H groups in total. The van der Waals surface area contributed by atoms with Crippen LogP contribution in [0.4, 0.5) is 4.79 Å². The van der Waals surface area contributed by atoms with Crippen molar-refractivity contribution in [3.63, 3.8) is 0 Å². The third-order valence-electron chi connectivity index (χ3n) is 3.35. The number of hydrogen-bond donors (Lipinski definition) is 3. The molecule has 5 nitrogen and oxygen atoms in total. The maximum Gasteiger partial charge on any atom is 0.315 e. The molecule has 5 heteroatoms. The van der Waals surface area contributed by atoms with Gasteiger partial charge in [-0.2, -0.15) is 0 Å². The highest BCUT2D eigenvalue weighted by Crippen LogP contribution is 2.28. The highest BCUT2D eigenvalue weighted by atomic mass is 16.4. The van der Waals surface area contributed by atoms with E-state index in [0.717, 1.165) is 6.42 Å². The van der Waals surface area contributed by atoms with E-state index in [4.69, 9.17) is 5.11 Å². The molecule has 17 heavy (non-hydrogen) atoms. The van der Waals surface area contributed by atoms with E-state index in [2.05, 4.69) is 17.6 Å². The van der Waals surface area contributed by atoms with Crippen molar-refractivity contribution in [1.82, 2.24) is 10.6 Å². The van der Waals surface area contributed by atoms with Gasteiger partial charge >= 0.3 is 12.0 Å². The van der Waals surface area contributed by atoms with Gasteiger partial charge in [0.05, 0.1) is 6.42 Å². The minimum atomic E-state index is -0.895. The fraction of sp³-hybridized carbons (Fsp3) is 0.833. The van der Waals surface area contributed by atoms with E-state index in [1.807, 2.05) is 0 Å². The SMILES string of the molecule is CCC(NC(=O)NCCC(=O)O)C1CCCC1. The van der Waals surface area contributed by atoms with Crippen LogP contribution in [0.25, 0.3) is 0 Å². The quantitative estimate of drug-likeness (QED) is 0.663. The van der Waals surface area contributed by atoms with Crippen LogP contribution in [0.5, 0.6) is 0 Å². The van der Waals surface area contributed by atoms with E-state index >= 15 is 0 Å². The van der Waals surface area contributed by atoms with Crippen LogP contribution >= 0.6 is 0 Å². The van der Waals surface area contributed by atoms with Crippen LogP contribution in [-0.2, 0) is 4.79 Å². The van der Waals surface area contributed by atoms with Crippen molar-refractivity contribution in [2.75, 3.05) is 6.54 Å². The van der Waals surface area contributed by atoms with Gasteiger partial charge in [-0.25, -0.2) is 4.79 Å². The molecule has 1 atom stereocenters. The molecular formula is C12H22N2O3. The van der Waals surface area contributed by atoms with Crippen molar-refractivity contribution in [3.8, 4) is 0 Å². The number of carbonyl (C=O) groups is 2. The Morgan fingerprint density at radius 1 is 1.35 bits per heavy atom. The van der Waals surface area contributed by atoms with E-state index in [9.17, 15) is 9.59 Å². The standard InChI is InChI=1S/C12H22N2O3/c1-2-10(9-5-3-4-6-9)14-12(17)13-8-7-11(15)16/h9-10H,2-8H2,1H3,(H,15,16)(H2,13,14,17). The van der Waals surface area contributed by atoms with Crippen molar-refractivity contribution >= 4 is 12.0 Å². The molecule has 0 heterocycles. The van der Waals surface area contributed by atoms with Crippen molar-refractivity contribution in [1.29, 1.82) is 0 Å². The first kappa shape index (κ1) is 13.8. The maximum atomic E-state index is 11.5. The molecule has 0 radical (unpaired) electrons. The van der Waals surface area contributed by atoms with E-state index in [0.29, 0.717) is 5.92 Å². The minimum absolute atomic E-state index is 0.0341. The summed E-state index contributed by atoms with van der Waals surface area (Å²) >= 11 is 0. The van der Waals surface area contributed by atoms with Crippen LogP contribution in [0.15, 0.2) is 0 Å². The molecule has 0 aromatic carbocycles. The minimum Gasteiger partial charge on any atom is -0.481 e. The maximum absolute atomic E-state index is 11.5. The van der Waals surface area contributed by atoms with E-state index in [1.54, 1.807) is 0 Å². The Morgan fingerprint density at radius 3 is 2.53 bits per heavy atom. The molecule has 0 spiro atoms. The van der Waals surface area contributed by atoms with Gasteiger partial charge in [0.1, 0.15) is 0 Å². The zero-order valence-corrected chi connectivity index (χ0v) is 10.4. The summed E-state index contributed by atoms with van der Waals surface area (Å²) in [7, 11) is 0. The summed E-state index contributed by atoms with van der Waals surface area (Å²) in [5.41, 5.74) is 0. The molecule has 0 aromatic rings. The second-order valence-electron chi connectivity index (χ2n) is 4.60. The van der Waals surface area contributed by atoms with Gasteiger partial charge in [-0.1, -0.05) is 19.8 Å². The Kier molecular flexibility index (Phi) is 5.80. The highest BCUT2D eigenvalue weighted by Gasteiger charge is 2.24. The second-order valence-corrected chi connectivity index (χ2v) is 4.60. The molecule has 1 rings (SSSR count). The zero-order chi connectivity index (χ0) is 12.7. The predicted molar refractivity (Wildman–Crippen MR) is 64.8 cm³/mol. The van der Waals surface area contributed by atoms with Crippen LogP contribution in [-0.4, -0.2) is 29.7 Å². The largest absolute Gasteiger partial charge is 0.481 e. The molecule has 0 bridgehead atoms. The van der Waals surface area contributed by atoms with Crippen molar-refractivity contribution < 1.29 is 14.7 Å². The average molecular weight is 242 g/mol. The number of carbonyl (C=O) groups excluding carboxylic acids is 1. The lowest BCUT2D eigenvalue weighted by Crippen LogP contribution is -2.45. The van der Waals surface area contributed by atoms with Gasteiger partial charge < -0.3 is 15.7 Å². The number of aliphatic carboxylic acids is 1. The summed E-state index contributed by atoms with van der Waals surface area (Å²) in [6.45, 7) is 2.25. The summed E-state index contributed by atoms with van der Waals surface area (Å²) in [6.07, 6.45) is 5.78. The first-order valence-corrected chi connectivity index (χ1v) is 6.39. The summed E-state index contributed by atoms with van der Waals surface area (Å²) < 4.78 is 0. The van der Waals surface area contributed by atoms with Crippen LogP contribution in [0.1, 0.15) is 45.4 Å². The van der Waals surface area contributed by atoms with Gasteiger partial charge in [-0.15, -0.1) is 0 Å². The summed E-state index contributed by atoms with van der Waals surface area (Å²) in [5, 5.41) is 14.0. The van der Waals surface area contributed by atoms with Crippen molar-refractivity contribution in [3.05, 3.63) is 0 Å². The number of urea groups is 1. The van der Waals surface area contributed by atoms with Crippen LogP contribution in [0, 0.1) is 5.92 Å². The Balaban J connectivity index is 2.24. The number of hydrogen-bond acceptors (Lipinski definition) is 2. The molecule has 0 aliphatic heterocycles. The number of carboxylic acids is 1. The molecule has 1 fully saturated rings. The van der Waals surface area contributed by atoms with E-state index in [-0.39, 0.29) is 25.0 Å². The first-order valence-electron chi connectivity index (χ1n) is 6.39. The molecule has 1 aliphatic carbocycles. The van der Waals surface area contributed by atoms with Gasteiger partial charge in [0.2, 0.25) is 0 Å². The molecule has 1 unspecified atom stereocenters. The zero-order valence-electron chi connectivity index (χ0n) is 10.4.